The quantitative estimate of drug-likeness (QED) is 0.645. The van der Waals surface area contributed by atoms with Crippen molar-refractivity contribution in [2.45, 2.75) is 25.3 Å². The molecule has 1 aliphatic carbocycles. The topological polar surface area (TPSA) is 93.0 Å². The van der Waals surface area contributed by atoms with Crippen LogP contribution < -0.4 is 5.73 Å². The fraction of sp³-hybridized carbons (Fsp3) is 0.267. The molecular weight excluding hydrogens is 268 g/mol. The molecule has 1 saturated carbocycles. The molecule has 0 aromatic carbocycles. The molecule has 1 fully saturated rings. The van der Waals surface area contributed by atoms with E-state index in [0.717, 1.165) is 17.5 Å². The van der Waals surface area contributed by atoms with E-state index in [1.54, 1.807) is 0 Å². The van der Waals surface area contributed by atoms with Crippen molar-refractivity contribution < 1.29 is 9.90 Å². The van der Waals surface area contributed by atoms with Crippen LogP contribution in [0.4, 0.5) is 0 Å². The van der Waals surface area contributed by atoms with Crippen LogP contribution in [-0.4, -0.2) is 26.7 Å². The number of imidazole rings is 1. The van der Waals surface area contributed by atoms with Gasteiger partial charge in [-0.25, -0.2) is 9.78 Å². The Kier molecular flexibility index (Phi) is 3.43. The predicted octanol–water partition coefficient (Wildman–Crippen LogP) is 1.71. The Morgan fingerprint density at radius 2 is 2.29 bits per heavy atom. The lowest BCUT2D eigenvalue weighted by molar-refractivity contribution is -0.132. The van der Waals surface area contributed by atoms with Crippen LogP contribution in [0.5, 0.6) is 0 Å². The maximum absolute atomic E-state index is 10.8. The summed E-state index contributed by atoms with van der Waals surface area (Å²) in [5.41, 5.74) is 8.19. The molecule has 0 spiro atoms. The van der Waals surface area contributed by atoms with E-state index in [0.29, 0.717) is 12.5 Å². The Labute approximate surface area is 121 Å². The lowest BCUT2D eigenvalue weighted by atomic mass is 10.2. The molecule has 3 rings (SSSR count). The fourth-order valence-electron chi connectivity index (χ4n) is 2.20. The number of carboxylic acid groups (broad SMARTS) is 1. The summed E-state index contributed by atoms with van der Waals surface area (Å²) in [4.78, 5) is 19.3. The molecular formula is C15H16N4O2. The SMILES string of the molecule is NC=C(C=NCc1cn2cc(C3CC3)ccc2n1)C(=O)O. The van der Waals surface area contributed by atoms with Gasteiger partial charge in [-0.3, -0.25) is 4.99 Å². The summed E-state index contributed by atoms with van der Waals surface area (Å²) >= 11 is 0. The minimum atomic E-state index is -1.09. The number of aliphatic carboxylic acids is 1. The van der Waals surface area contributed by atoms with E-state index in [9.17, 15) is 4.79 Å². The van der Waals surface area contributed by atoms with E-state index in [1.165, 1.54) is 24.6 Å². The number of carboxylic acids is 1. The third-order valence-corrected chi connectivity index (χ3v) is 3.48. The Morgan fingerprint density at radius 1 is 1.48 bits per heavy atom. The average molecular weight is 284 g/mol. The molecule has 0 amide bonds. The first-order valence-electron chi connectivity index (χ1n) is 6.80. The maximum Gasteiger partial charge on any atom is 0.338 e. The van der Waals surface area contributed by atoms with Crippen LogP contribution in [-0.2, 0) is 11.3 Å². The average Bonchev–Trinajstić information content (AvgIpc) is 3.23. The van der Waals surface area contributed by atoms with Gasteiger partial charge in [-0.2, -0.15) is 0 Å². The van der Waals surface area contributed by atoms with E-state index >= 15 is 0 Å². The summed E-state index contributed by atoms with van der Waals surface area (Å²) in [7, 11) is 0. The molecule has 6 nitrogen and oxygen atoms in total. The summed E-state index contributed by atoms with van der Waals surface area (Å²) in [5, 5.41) is 8.81. The molecule has 21 heavy (non-hydrogen) atoms. The van der Waals surface area contributed by atoms with E-state index in [2.05, 4.69) is 22.2 Å². The second kappa shape index (κ2) is 5.40. The predicted molar refractivity (Wildman–Crippen MR) is 79.3 cm³/mol. The highest BCUT2D eigenvalue weighted by atomic mass is 16.4. The third-order valence-electron chi connectivity index (χ3n) is 3.48. The summed E-state index contributed by atoms with van der Waals surface area (Å²) in [6.45, 7) is 0.324. The van der Waals surface area contributed by atoms with Gasteiger partial charge >= 0.3 is 5.97 Å². The molecule has 0 aliphatic heterocycles. The second-order valence-electron chi connectivity index (χ2n) is 5.13. The lowest BCUT2D eigenvalue weighted by Crippen LogP contribution is -2.04. The number of hydrogen-bond acceptors (Lipinski definition) is 4. The summed E-state index contributed by atoms with van der Waals surface area (Å²) < 4.78 is 2.00. The van der Waals surface area contributed by atoms with Crippen LogP contribution in [0.3, 0.4) is 0 Å². The Balaban J connectivity index is 1.75. The molecule has 0 radical (unpaired) electrons. The number of hydrogen-bond donors (Lipinski definition) is 2. The number of nitrogens with two attached hydrogens (primary N) is 1. The first-order chi connectivity index (χ1) is 10.2. The fourth-order valence-corrected chi connectivity index (χ4v) is 2.20. The number of rotatable bonds is 5. The van der Waals surface area contributed by atoms with Gasteiger partial charge in [0.15, 0.2) is 0 Å². The van der Waals surface area contributed by atoms with Gasteiger partial charge in [0, 0.05) is 24.8 Å². The van der Waals surface area contributed by atoms with Gasteiger partial charge in [0.1, 0.15) is 5.65 Å². The molecule has 0 atom stereocenters. The molecule has 0 unspecified atom stereocenters. The summed E-state index contributed by atoms with van der Waals surface area (Å²) in [6.07, 6.45) is 8.84. The zero-order valence-corrected chi connectivity index (χ0v) is 11.4. The van der Waals surface area contributed by atoms with Crippen molar-refractivity contribution in [3.8, 4) is 0 Å². The van der Waals surface area contributed by atoms with Gasteiger partial charge in [0.05, 0.1) is 17.8 Å². The number of nitrogens with zero attached hydrogens (tertiary/aromatic N) is 3. The highest BCUT2D eigenvalue weighted by Crippen LogP contribution is 2.39. The van der Waals surface area contributed by atoms with E-state index < -0.39 is 5.97 Å². The van der Waals surface area contributed by atoms with Crippen molar-refractivity contribution in [3.63, 3.8) is 0 Å². The van der Waals surface area contributed by atoms with Crippen molar-refractivity contribution in [2.24, 2.45) is 10.7 Å². The molecule has 2 aromatic rings. The van der Waals surface area contributed by atoms with Crippen LogP contribution in [0.25, 0.3) is 5.65 Å². The normalized spacial score (nSPS) is 15.9. The molecule has 3 N–H and O–H groups in total. The maximum atomic E-state index is 10.8. The van der Waals surface area contributed by atoms with Crippen molar-refractivity contribution in [1.82, 2.24) is 9.38 Å². The number of aliphatic imine (C=N–C) groups is 1. The first kappa shape index (κ1) is 13.4. The largest absolute Gasteiger partial charge is 0.478 e. The van der Waals surface area contributed by atoms with Gasteiger partial charge < -0.3 is 15.2 Å². The monoisotopic (exact) mass is 284 g/mol. The summed E-state index contributed by atoms with van der Waals surface area (Å²) in [5.74, 6) is -0.392. The number of fused-ring (bicyclic) bond motifs is 1. The molecule has 0 bridgehead atoms. The summed E-state index contributed by atoms with van der Waals surface area (Å²) in [6, 6.07) is 4.12. The van der Waals surface area contributed by atoms with Crippen LogP contribution in [0.2, 0.25) is 0 Å². The minimum Gasteiger partial charge on any atom is -0.478 e. The van der Waals surface area contributed by atoms with Crippen LogP contribution >= 0.6 is 0 Å². The van der Waals surface area contributed by atoms with Gasteiger partial charge in [-0.1, -0.05) is 6.07 Å². The van der Waals surface area contributed by atoms with Crippen molar-refractivity contribution in [1.29, 1.82) is 0 Å². The van der Waals surface area contributed by atoms with E-state index in [-0.39, 0.29) is 5.57 Å². The van der Waals surface area contributed by atoms with Crippen LogP contribution in [0.1, 0.15) is 30.0 Å². The minimum absolute atomic E-state index is 0.0326. The Morgan fingerprint density at radius 3 is 2.95 bits per heavy atom. The number of aromatic nitrogens is 2. The van der Waals surface area contributed by atoms with Gasteiger partial charge in [-0.05, 0) is 30.4 Å². The van der Waals surface area contributed by atoms with Crippen LogP contribution in [0.15, 0.2) is 41.3 Å². The van der Waals surface area contributed by atoms with Gasteiger partial charge in [0.25, 0.3) is 0 Å². The Hall–Kier alpha value is -2.63. The smallest absolute Gasteiger partial charge is 0.338 e. The van der Waals surface area contributed by atoms with Gasteiger partial charge in [-0.15, -0.1) is 0 Å². The lowest BCUT2D eigenvalue weighted by Gasteiger charge is -1.98. The number of pyridine rings is 1. The standard InChI is InChI=1S/C15H16N4O2/c16-5-12(15(20)21)6-17-7-13-9-19-8-11(10-1-2-10)3-4-14(19)18-13/h3-6,8-10H,1-2,7,16H2,(H,20,21). The van der Waals surface area contributed by atoms with E-state index in [4.69, 9.17) is 10.8 Å². The van der Waals surface area contributed by atoms with Gasteiger partial charge in [0.2, 0.25) is 0 Å². The van der Waals surface area contributed by atoms with E-state index in [1.807, 2.05) is 16.7 Å². The first-order valence-corrected chi connectivity index (χ1v) is 6.80. The molecule has 108 valence electrons. The molecule has 2 aromatic heterocycles. The Bertz CT molecular complexity index is 741. The molecule has 6 heteroatoms. The third kappa shape index (κ3) is 2.94. The molecule has 1 aliphatic rings. The zero-order valence-electron chi connectivity index (χ0n) is 11.4. The molecule has 0 saturated heterocycles. The molecule has 2 heterocycles. The van der Waals surface area contributed by atoms with Crippen LogP contribution in [0, 0.1) is 0 Å². The highest BCUT2D eigenvalue weighted by molar-refractivity contribution is 6.08. The van der Waals surface area contributed by atoms with Crippen molar-refractivity contribution in [3.05, 3.63) is 47.6 Å². The zero-order chi connectivity index (χ0) is 14.8. The van der Waals surface area contributed by atoms with Crippen molar-refractivity contribution >= 4 is 17.8 Å². The van der Waals surface area contributed by atoms with Crippen molar-refractivity contribution in [2.75, 3.05) is 0 Å². The highest BCUT2D eigenvalue weighted by Gasteiger charge is 2.23. The number of carbonyl (C=O) groups is 1. The second-order valence-corrected chi connectivity index (χ2v) is 5.13.